The number of aliphatic hydroxyl groups is 1. The monoisotopic (exact) mass is 350 g/mol. The molecule has 2 heterocycles. The summed E-state index contributed by atoms with van der Waals surface area (Å²) in [6.45, 7) is 0.510. The van der Waals surface area contributed by atoms with Crippen molar-refractivity contribution in [2.24, 2.45) is 0 Å². The molecule has 2 N–H and O–H groups in total. The largest absolute Gasteiger partial charge is 0.459 e. The first-order chi connectivity index (χ1) is 11.5. The van der Waals surface area contributed by atoms with Gasteiger partial charge in [-0.05, 0) is 49.2 Å². The molecule has 7 nitrogen and oxygen atoms in total. The molecular formula is C16H18N2O5S. The number of rotatable bonds is 4. The Morgan fingerprint density at radius 2 is 2.00 bits per heavy atom. The molecule has 1 fully saturated rings. The predicted molar refractivity (Wildman–Crippen MR) is 87.1 cm³/mol. The van der Waals surface area contributed by atoms with E-state index >= 15 is 0 Å². The van der Waals surface area contributed by atoms with Crippen molar-refractivity contribution in [2.45, 2.75) is 23.8 Å². The van der Waals surface area contributed by atoms with Crippen LogP contribution in [0.4, 0.5) is 5.69 Å². The molecule has 1 aliphatic heterocycles. The molecule has 0 unspecified atom stereocenters. The maximum absolute atomic E-state index is 12.6. The number of aliphatic hydroxyl groups excluding tert-OH is 1. The molecule has 24 heavy (non-hydrogen) atoms. The van der Waals surface area contributed by atoms with Crippen molar-refractivity contribution < 1.29 is 22.7 Å². The molecule has 0 spiro atoms. The van der Waals surface area contributed by atoms with E-state index in [1.165, 1.54) is 40.9 Å². The highest BCUT2D eigenvalue weighted by Gasteiger charge is 2.29. The van der Waals surface area contributed by atoms with Crippen molar-refractivity contribution in [1.29, 1.82) is 0 Å². The quantitative estimate of drug-likeness (QED) is 0.874. The second-order valence-electron chi connectivity index (χ2n) is 5.61. The zero-order chi connectivity index (χ0) is 17.2. The minimum absolute atomic E-state index is 0.110. The highest BCUT2D eigenvalue weighted by Crippen LogP contribution is 2.22. The normalized spacial score (nSPS) is 19.1. The minimum Gasteiger partial charge on any atom is -0.459 e. The highest BCUT2D eigenvalue weighted by molar-refractivity contribution is 7.89. The van der Waals surface area contributed by atoms with E-state index in [0.29, 0.717) is 25.1 Å². The van der Waals surface area contributed by atoms with Crippen LogP contribution in [-0.2, 0) is 10.0 Å². The van der Waals surface area contributed by atoms with E-state index in [1.807, 2.05) is 0 Å². The fourth-order valence-corrected chi connectivity index (χ4v) is 4.11. The van der Waals surface area contributed by atoms with Crippen molar-refractivity contribution in [3.63, 3.8) is 0 Å². The van der Waals surface area contributed by atoms with E-state index in [4.69, 9.17) is 4.42 Å². The number of carbonyl (C=O) groups excluding carboxylic acids is 1. The lowest BCUT2D eigenvalue weighted by molar-refractivity contribution is 0.0996. The third kappa shape index (κ3) is 3.50. The first-order valence-electron chi connectivity index (χ1n) is 7.60. The zero-order valence-electron chi connectivity index (χ0n) is 12.9. The third-order valence-corrected chi connectivity index (χ3v) is 5.73. The van der Waals surface area contributed by atoms with Crippen LogP contribution in [0.1, 0.15) is 23.4 Å². The van der Waals surface area contributed by atoms with Gasteiger partial charge in [-0.2, -0.15) is 4.31 Å². The summed E-state index contributed by atoms with van der Waals surface area (Å²) in [4.78, 5) is 12.0. The number of β-amino-alcohol motifs (C(OH)–C–C–N with tert-alkyl or cyclic N) is 1. The molecule has 0 saturated carbocycles. The zero-order valence-corrected chi connectivity index (χ0v) is 13.7. The topological polar surface area (TPSA) is 99.9 Å². The summed E-state index contributed by atoms with van der Waals surface area (Å²) in [7, 11) is -3.64. The van der Waals surface area contributed by atoms with Gasteiger partial charge in [0.1, 0.15) is 0 Å². The second kappa shape index (κ2) is 6.76. The van der Waals surface area contributed by atoms with Crippen LogP contribution in [0.2, 0.25) is 0 Å². The summed E-state index contributed by atoms with van der Waals surface area (Å²) in [6, 6.07) is 9.07. The number of anilines is 1. The van der Waals surface area contributed by atoms with Crippen LogP contribution < -0.4 is 5.32 Å². The molecule has 1 aromatic heterocycles. The summed E-state index contributed by atoms with van der Waals surface area (Å²) < 4.78 is 31.4. The van der Waals surface area contributed by atoms with E-state index in [1.54, 1.807) is 6.07 Å². The number of carbonyl (C=O) groups is 1. The van der Waals surface area contributed by atoms with E-state index in [2.05, 4.69) is 5.32 Å². The van der Waals surface area contributed by atoms with Gasteiger partial charge in [-0.15, -0.1) is 0 Å². The van der Waals surface area contributed by atoms with Crippen molar-refractivity contribution in [3.8, 4) is 0 Å². The molecule has 8 heteroatoms. The van der Waals surface area contributed by atoms with E-state index in [-0.39, 0.29) is 17.2 Å². The average Bonchev–Trinajstić information content (AvgIpc) is 3.10. The summed E-state index contributed by atoms with van der Waals surface area (Å²) in [5.41, 5.74) is 0.467. The molecular weight excluding hydrogens is 332 g/mol. The molecule has 0 aliphatic carbocycles. The molecule has 1 aromatic carbocycles. The van der Waals surface area contributed by atoms with Crippen molar-refractivity contribution in [2.75, 3.05) is 18.4 Å². The van der Waals surface area contributed by atoms with Gasteiger partial charge in [-0.3, -0.25) is 4.79 Å². The van der Waals surface area contributed by atoms with Crippen LogP contribution in [0.5, 0.6) is 0 Å². The van der Waals surface area contributed by atoms with Gasteiger partial charge < -0.3 is 14.8 Å². The Labute approximate surface area is 139 Å². The van der Waals surface area contributed by atoms with Crippen LogP contribution in [0.25, 0.3) is 0 Å². The Morgan fingerprint density at radius 3 is 2.62 bits per heavy atom. The molecule has 128 valence electrons. The molecule has 1 amide bonds. The minimum atomic E-state index is -3.64. The SMILES string of the molecule is O=C(Nc1ccc(S(=O)(=O)N2CCC[C@@H](O)C2)cc1)c1ccco1. The van der Waals surface area contributed by atoms with Gasteiger partial charge >= 0.3 is 0 Å². The first-order valence-corrected chi connectivity index (χ1v) is 9.04. The summed E-state index contributed by atoms with van der Waals surface area (Å²) in [6.07, 6.45) is 2.03. The predicted octanol–water partition coefficient (Wildman–Crippen LogP) is 1.68. The summed E-state index contributed by atoms with van der Waals surface area (Å²) >= 11 is 0. The number of hydrogen-bond acceptors (Lipinski definition) is 5. The molecule has 0 radical (unpaired) electrons. The highest BCUT2D eigenvalue weighted by atomic mass is 32.2. The Hall–Kier alpha value is -2.16. The maximum Gasteiger partial charge on any atom is 0.291 e. The van der Waals surface area contributed by atoms with Crippen LogP contribution in [0.15, 0.2) is 52.0 Å². The number of nitrogens with one attached hydrogen (secondary N) is 1. The number of benzene rings is 1. The van der Waals surface area contributed by atoms with Crippen LogP contribution in [0, 0.1) is 0 Å². The molecule has 3 rings (SSSR count). The van der Waals surface area contributed by atoms with E-state index in [9.17, 15) is 18.3 Å². The summed E-state index contributed by atoms with van der Waals surface area (Å²) in [5.74, 6) is -0.233. The van der Waals surface area contributed by atoms with Crippen LogP contribution in [0.3, 0.4) is 0 Å². The van der Waals surface area contributed by atoms with E-state index < -0.39 is 22.0 Å². The molecule has 0 bridgehead atoms. The average molecular weight is 350 g/mol. The van der Waals surface area contributed by atoms with Gasteiger partial charge in [-0.25, -0.2) is 8.42 Å². The molecule has 1 saturated heterocycles. The third-order valence-electron chi connectivity index (χ3n) is 3.85. The number of sulfonamides is 1. The second-order valence-corrected chi connectivity index (χ2v) is 7.55. The van der Waals surface area contributed by atoms with Gasteiger partial charge in [0.2, 0.25) is 10.0 Å². The fraction of sp³-hybridized carbons (Fsp3) is 0.312. The Bertz CT molecular complexity index is 800. The Kier molecular flexibility index (Phi) is 4.70. The number of furan rings is 1. The van der Waals surface area contributed by atoms with Crippen molar-refractivity contribution in [1.82, 2.24) is 4.31 Å². The van der Waals surface area contributed by atoms with Crippen LogP contribution in [-0.4, -0.2) is 42.9 Å². The van der Waals surface area contributed by atoms with Gasteiger partial charge in [0, 0.05) is 18.8 Å². The fourth-order valence-electron chi connectivity index (χ4n) is 2.60. The number of nitrogens with zero attached hydrogens (tertiary/aromatic N) is 1. The van der Waals surface area contributed by atoms with E-state index in [0.717, 1.165) is 0 Å². The first kappa shape index (κ1) is 16.7. The van der Waals surface area contributed by atoms with Gasteiger partial charge in [0.05, 0.1) is 17.3 Å². The number of hydrogen-bond donors (Lipinski definition) is 2. The van der Waals surface area contributed by atoms with Crippen LogP contribution >= 0.6 is 0 Å². The maximum atomic E-state index is 12.6. The lowest BCUT2D eigenvalue weighted by atomic mass is 10.1. The Balaban J connectivity index is 1.73. The van der Waals surface area contributed by atoms with Gasteiger partial charge in [0.15, 0.2) is 5.76 Å². The van der Waals surface area contributed by atoms with Gasteiger partial charge in [-0.1, -0.05) is 0 Å². The Morgan fingerprint density at radius 1 is 1.25 bits per heavy atom. The summed E-state index contributed by atoms with van der Waals surface area (Å²) in [5, 5.41) is 12.3. The molecule has 1 atom stereocenters. The van der Waals surface area contributed by atoms with Crippen molar-refractivity contribution >= 4 is 21.6 Å². The lowest BCUT2D eigenvalue weighted by Crippen LogP contribution is -2.42. The standard InChI is InChI=1S/C16H18N2O5S/c19-13-3-1-9-18(11-13)24(21,22)14-7-5-12(6-8-14)17-16(20)15-4-2-10-23-15/h2,4-8,10,13,19H,1,3,9,11H2,(H,17,20)/t13-/m1/s1. The molecule has 1 aliphatic rings. The number of piperidine rings is 1. The van der Waals surface area contributed by atoms with Gasteiger partial charge in [0.25, 0.3) is 5.91 Å². The lowest BCUT2D eigenvalue weighted by Gasteiger charge is -2.29. The number of amides is 1. The molecule has 2 aromatic rings. The smallest absolute Gasteiger partial charge is 0.291 e. The van der Waals surface area contributed by atoms with Crippen molar-refractivity contribution in [3.05, 3.63) is 48.4 Å².